The van der Waals surface area contributed by atoms with Gasteiger partial charge in [0.2, 0.25) is 5.16 Å². The Morgan fingerprint density at radius 2 is 1.95 bits per heavy atom. The Balaban J connectivity index is 1.96. The number of hydrogen-bond acceptors (Lipinski definition) is 4. The molecule has 5 heteroatoms. The molecule has 0 radical (unpaired) electrons. The van der Waals surface area contributed by atoms with E-state index >= 15 is 0 Å². The molecule has 0 aliphatic rings. The highest BCUT2D eigenvalue weighted by molar-refractivity contribution is 7.98. The Kier molecular flexibility index (Phi) is 4.85. The summed E-state index contributed by atoms with van der Waals surface area (Å²) < 4.78 is 1.62. The molecule has 0 saturated heterocycles. The van der Waals surface area contributed by atoms with E-state index < -0.39 is 0 Å². The normalized spacial score (nSPS) is 10.8. The Morgan fingerprint density at radius 1 is 1.21 bits per heavy atom. The molecule has 0 amide bonds. The summed E-state index contributed by atoms with van der Waals surface area (Å²) in [5.74, 6) is 7.74. The second kappa shape index (κ2) is 6.61. The topological polar surface area (TPSA) is 56.7 Å². The molecule has 1 aromatic heterocycles. The van der Waals surface area contributed by atoms with Crippen LogP contribution in [-0.4, -0.2) is 14.9 Å². The first kappa shape index (κ1) is 13.9. The molecule has 2 rings (SSSR count). The predicted octanol–water partition coefficient (Wildman–Crippen LogP) is 2.94. The highest BCUT2D eigenvalue weighted by Crippen LogP contribution is 2.21. The molecule has 0 aliphatic carbocycles. The summed E-state index contributed by atoms with van der Waals surface area (Å²) in [6, 6.07) is 8.51. The second-order valence-electron chi connectivity index (χ2n) is 4.65. The van der Waals surface area contributed by atoms with E-state index in [0.717, 1.165) is 36.0 Å². The fourth-order valence-corrected chi connectivity index (χ4v) is 2.57. The Morgan fingerprint density at radius 3 is 2.63 bits per heavy atom. The van der Waals surface area contributed by atoms with Gasteiger partial charge in [-0.2, -0.15) is 0 Å². The van der Waals surface area contributed by atoms with Crippen molar-refractivity contribution >= 4 is 11.8 Å². The van der Waals surface area contributed by atoms with Crippen molar-refractivity contribution in [3.8, 4) is 0 Å². The van der Waals surface area contributed by atoms with Crippen LogP contribution in [0.5, 0.6) is 0 Å². The molecule has 0 saturated carbocycles. The van der Waals surface area contributed by atoms with E-state index in [1.807, 2.05) is 0 Å². The first-order chi connectivity index (χ1) is 9.20. The number of nitrogens with zero attached hydrogens (tertiary/aromatic N) is 3. The molecule has 2 N–H and O–H groups in total. The minimum absolute atomic E-state index is 0.784. The maximum Gasteiger partial charge on any atom is 0.210 e. The first-order valence-electron chi connectivity index (χ1n) is 6.58. The number of benzene rings is 1. The van der Waals surface area contributed by atoms with Gasteiger partial charge in [-0.3, -0.25) is 0 Å². The maximum atomic E-state index is 6.00. The molecule has 1 heterocycles. The smallest absolute Gasteiger partial charge is 0.210 e. The van der Waals surface area contributed by atoms with Crippen LogP contribution in [0.15, 0.2) is 29.4 Å². The second-order valence-corrected chi connectivity index (χ2v) is 5.59. The monoisotopic (exact) mass is 276 g/mol. The maximum absolute atomic E-state index is 6.00. The minimum Gasteiger partial charge on any atom is -0.336 e. The van der Waals surface area contributed by atoms with E-state index in [4.69, 9.17) is 5.84 Å². The van der Waals surface area contributed by atoms with Crippen LogP contribution in [0.2, 0.25) is 0 Å². The molecule has 2 aromatic rings. The van der Waals surface area contributed by atoms with Gasteiger partial charge in [-0.15, -0.1) is 10.2 Å². The molecule has 0 spiro atoms. The Hall–Kier alpha value is -1.49. The lowest BCUT2D eigenvalue weighted by Gasteiger charge is -2.03. The van der Waals surface area contributed by atoms with E-state index in [9.17, 15) is 0 Å². The Labute approximate surface area is 118 Å². The number of rotatable bonds is 6. The Bertz CT molecular complexity index is 519. The third-order valence-electron chi connectivity index (χ3n) is 2.98. The zero-order valence-electron chi connectivity index (χ0n) is 11.5. The van der Waals surface area contributed by atoms with Gasteiger partial charge in [-0.25, -0.2) is 4.68 Å². The largest absolute Gasteiger partial charge is 0.336 e. The molecule has 1 aromatic carbocycles. The third-order valence-corrected chi connectivity index (χ3v) is 3.99. The van der Waals surface area contributed by atoms with Crippen molar-refractivity contribution in [3.63, 3.8) is 0 Å². The molecule has 19 heavy (non-hydrogen) atoms. The van der Waals surface area contributed by atoms with Crippen LogP contribution in [-0.2, 0) is 12.2 Å². The van der Waals surface area contributed by atoms with Crippen LogP contribution in [0.1, 0.15) is 36.7 Å². The van der Waals surface area contributed by atoms with E-state index in [2.05, 4.69) is 48.3 Å². The van der Waals surface area contributed by atoms with Crippen LogP contribution >= 0.6 is 11.8 Å². The molecule has 0 unspecified atom stereocenters. The van der Waals surface area contributed by atoms with Crippen LogP contribution in [0, 0.1) is 6.92 Å². The van der Waals surface area contributed by atoms with Crippen LogP contribution in [0.25, 0.3) is 0 Å². The number of nitrogens with two attached hydrogens (primary N) is 1. The fourth-order valence-electron chi connectivity index (χ4n) is 1.74. The number of thioether (sulfide) groups is 1. The van der Waals surface area contributed by atoms with Crippen molar-refractivity contribution in [3.05, 3.63) is 41.2 Å². The zero-order valence-corrected chi connectivity index (χ0v) is 12.3. The van der Waals surface area contributed by atoms with Crippen molar-refractivity contribution < 1.29 is 0 Å². The number of nitrogen functional groups attached to an aromatic ring is 1. The molecular weight excluding hydrogens is 256 g/mol. The summed E-state index contributed by atoms with van der Waals surface area (Å²) in [5.41, 5.74) is 2.55. The van der Waals surface area contributed by atoms with Gasteiger partial charge in [0, 0.05) is 12.2 Å². The number of unbranched alkanes of at least 4 members (excludes halogenated alkanes) is 1. The van der Waals surface area contributed by atoms with Crippen molar-refractivity contribution in [1.29, 1.82) is 0 Å². The van der Waals surface area contributed by atoms with Crippen molar-refractivity contribution in [2.75, 3.05) is 5.84 Å². The molecule has 4 nitrogen and oxygen atoms in total. The minimum atomic E-state index is 0.784. The van der Waals surface area contributed by atoms with Gasteiger partial charge in [-0.05, 0) is 18.9 Å². The average molecular weight is 276 g/mol. The number of hydrogen-bond donors (Lipinski definition) is 1. The van der Waals surface area contributed by atoms with E-state index in [1.54, 1.807) is 16.4 Å². The SMILES string of the molecule is CCCCc1nnc(SCc2ccc(C)cc2)n1N. The quantitative estimate of drug-likeness (QED) is 0.651. The van der Waals surface area contributed by atoms with Crippen molar-refractivity contribution in [2.24, 2.45) is 0 Å². The molecule has 102 valence electrons. The summed E-state index contributed by atoms with van der Waals surface area (Å²) >= 11 is 1.62. The van der Waals surface area contributed by atoms with Gasteiger partial charge >= 0.3 is 0 Å². The number of aromatic nitrogens is 3. The van der Waals surface area contributed by atoms with Crippen LogP contribution < -0.4 is 5.84 Å². The highest BCUT2D eigenvalue weighted by atomic mass is 32.2. The van der Waals surface area contributed by atoms with E-state index in [0.29, 0.717) is 0 Å². The molecule has 0 atom stereocenters. The highest BCUT2D eigenvalue weighted by Gasteiger charge is 2.09. The van der Waals surface area contributed by atoms with Gasteiger partial charge in [0.15, 0.2) is 5.82 Å². The van der Waals surface area contributed by atoms with Gasteiger partial charge < -0.3 is 5.84 Å². The molecule has 0 fully saturated rings. The first-order valence-corrected chi connectivity index (χ1v) is 7.57. The lowest BCUT2D eigenvalue weighted by molar-refractivity contribution is 0.712. The van der Waals surface area contributed by atoms with Crippen molar-refractivity contribution in [1.82, 2.24) is 14.9 Å². The summed E-state index contributed by atoms with van der Waals surface area (Å²) in [6.45, 7) is 4.25. The standard InChI is InChI=1S/C14H20N4S/c1-3-4-5-13-16-17-14(18(13)15)19-10-12-8-6-11(2)7-9-12/h6-9H,3-5,10,15H2,1-2H3. The predicted molar refractivity (Wildman–Crippen MR) is 79.5 cm³/mol. The number of aryl methyl sites for hydroxylation is 2. The summed E-state index contributed by atoms with van der Waals surface area (Å²) in [5, 5.41) is 9.08. The molecular formula is C14H20N4S. The lowest BCUT2D eigenvalue weighted by atomic mass is 10.2. The average Bonchev–Trinajstić information content (AvgIpc) is 2.77. The van der Waals surface area contributed by atoms with Crippen molar-refractivity contribution in [2.45, 2.75) is 44.0 Å². The van der Waals surface area contributed by atoms with E-state index in [-0.39, 0.29) is 0 Å². The fraction of sp³-hybridized carbons (Fsp3) is 0.429. The van der Waals surface area contributed by atoms with Gasteiger partial charge in [-0.1, -0.05) is 54.9 Å². The van der Waals surface area contributed by atoms with Gasteiger partial charge in [0.05, 0.1) is 0 Å². The third kappa shape index (κ3) is 3.73. The lowest BCUT2D eigenvalue weighted by Crippen LogP contribution is -2.14. The van der Waals surface area contributed by atoms with Crippen LogP contribution in [0.4, 0.5) is 0 Å². The van der Waals surface area contributed by atoms with E-state index in [1.165, 1.54) is 11.1 Å². The van der Waals surface area contributed by atoms with Gasteiger partial charge in [0.1, 0.15) is 0 Å². The summed E-state index contributed by atoms with van der Waals surface area (Å²) in [6.07, 6.45) is 3.13. The molecule has 0 aliphatic heterocycles. The summed E-state index contributed by atoms with van der Waals surface area (Å²) in [4.78, 5) is 0. The van der Waals surface area contributed by atoms with Crippen LogP contribution in [0.3, 0.4) is 0 Å². The van der Waals surface area contributed by atoms with Gasteiger partial charge in [0.25, 0.3) is 0 Å². The molecule has 0 bridgehead atoms. The summed E-state index contributed by atoms with van der Waals surface area (Å²) in [7, 11) is 0. The zero-order chi connectivity index (χ0) is 13.7.